The average Bonchev–Trinajstić information content (AvgIpc) is 2.10. The van der Waals surface area contributed by atoms with Crippen molar-refractivity contribution in [2.24, 2.45) is 0 Å². The van der Waals surface area contributed by atoms with Gasteiger partial charge in [-0.05, 0) is 31.5 Å². The summed E-state index contributed by atoms with van der Waals surface area (Å²) in [6, 6.07) is 5.39. The fourth-order valence-corrected chi connectivity index (χ4v) is 1.43. The minimum absolute atomic E-state index is 0.107. The minimum atomic E-state index is 0.107. The summed E-state index contributed by atoms with van der Waals surface area (Å²) in [6.07, 6.45) is 0.380. The Labute approximate surface area is 88.8 Å². The van der Waals surface area contributed by atoms with E-state index < -0.39 is 0 Å². The highest BCUT2D eigenvalue weighted by molar-refractivity contribution is 6.31. The Balaban J connectivity index is 2.84. The Morgan fingerprint density at radius 1 is 1.50 bits per heavy atom. The van der Waals surface area contributed by atoms with Gasteiger partial charge in [0.25, 0.3) is 0 Å². The second-order valence-electron chi connectivity index (χ2n) is 3.07. The Morgan fingerprint density at radius 3 is 2.71 bits per heavy atom. The fourth-order valence-electron chi connectivity index (χ4n) is 1.20. The number of Topliss-reactive ketones (excluding diaryl/α,β-unsaturated/α-hetero) is 1. The topological polar surface area (TPSA) is 26.3 Å². The summed E-state index contributed by atoms with van der Waals surface area (Å²) in [4.78, 5) is 10.9. The molecular formula is C11H13ClO2. The second kappa shape index (κ2) is 5.01. The summed E-state index contributed by atoms with van der Waals surface area (Å²) in [5, 5.41) is 0.589. The Morgan fingerprint density at radius 2 is 2.21 bits per heavy atom. The highest BCUT2D eigenvalue weighted by Gasteiger charge is 2.04. The van der Waals surface area contributed by atoms with Crippen LogP contribution in [-0.2, 0) is 11.2 Å². The maximum absolute atomic E-state index is 10.9. The molecule has 0 radical (unpaired) electrons. The van der Waals surface area contributed by atoms with Crippen LogP contribution in [0.25, 0.3) is 0 Å². The molecule has 0 saturated carbocycles. The first-order chi connectivity index (χ1) is 6.63. The van der Waals surface area contributed by atoms with Crippen molar-refractivity contribution in [1.82, 2.24) is 0 Å². The first-order valence-corrected chi connectivity index (χ1v) is 4.92. The van der Waals surface area contributed by atoms with Gasteiger partial charge in [-0.2, -0.15) is 0 Å². The molecule has 0 N–H and O–H groups in total. The molecule has 0 aromatic heterocycles. The van der Waals surface area contributed by atoms with Crippen molar-refractivity contribution in [3.63, 3.8) is 0 Å². The lowest BCUT2D eigenvalue weighted by atomic mass is 10.1. The van der Waals surface area contributed by atoms with E-state index in [0.717, 1.165) is 11.3 Å². The molecule has 3 heteroatoms. The average molecular weight is 213 g/mol. The Bertz CT molecular complexity index is 334. The zero-order valence-electron chi connectivity index (χ0n) is 8.34. The van der Waals surface area contributed by atoms with Crippen LogP contribution >= 0.6 is 11.6 Å². The number of benzene rings is 1. The normalized spacial score (nSPS) is 9.93. The van der Waals surface area contributed by atoms with Gasteiger partial charge in [-0.1, -0.05) is 17.7 Å². The van der Waals surface area contributed by atoms with Crippen LogP contribution in [0.2, 0.25) is 5.02 Å². The van der Waals surface area contributed by atoms with E-state index >= 15 is 0 Å². The van der Waals surface area contributed by atoms with Gasteiger partial charge in [-0.25, -0.2) is 0 Å². The molecule has 0 saturated heterocycles. The van der Waals surface area contributed by atoms with E-state index in [1.54, 1.807) is 13.0 Å². The number of hydrogen-bond donors (Lipinski definition) is 0. The highest BCUT2D eigenvalue weighted by atomic mass is 35.5. The zero-order chi connectivity index (χ0) is 10.6. The van der Waals surface area contributed by atoms with Crippen LogP contribution in [-0.4, -0.2) is 12.4 Å². The molecule has 0 heterocycles. The Hall–Kier alpha value is -1.02. The van der Waals surface area contributed by atoms with E-state index in [9.17, 15) is 4.79 Å². The maximum atomic E-state index is 10.9. The molecule has 0 spiro atoms. The van der Waals surface area contributed by atoms with Crippen molar-refractivity contribution in [2.45, 2.75) is 20.3 Å². The monoisotopic (exact) mass is 212 g/mol. The van der Waals surface area contributed by atoms with Crippen molar-refractivity contribution < 1.29 is 9.53 Å². The summed E-state index contributed by atoms with van der Waals surface area (Å²) in [6.45, 7) is 4.08. The fraction of sp³-hybridized carbons (Fsp3) is 0.364. The predicted octanol–water partition coefficient (Wildman–Crippen LogP) is 2.87. The largest absolute Gasteiger partial charge is 0.494 e. The summed E-state index contributed by atoms with van der Waals surface area (Å²) < 4.78 is 5.28. The van der Waals surface area contributed by atoms with Crippen molar-refractivity contribution in [3.8, 4) is 5.75 Å². The van der Waals surface area contributed by atoms with Crippen LogP contribution in [0.3, 0.4) is 0 Å². The summed E-state index contributed by atoms with van der Waals surface area (Å²) in [5.74, 6) is 0.848. The molecule has 0 atom stereocenters. The lowest BCUT2D eigenvalue weighted by Gasteiger charge is -2.06. The van der Waals surface area contributed by atoms with E-state index in [0.29, 0.717) is 18.1 Å². The maximum Gasteiger partial charge on any atom is 0.134 e. The number of ketones is 1. The summed E-state index contributed by atoms with van der Waals surface area (Å²) in [7, 11) is 0. The summed E-state index contributed by atoms with van der Waals surface area (Å²) in [5.41, 5.74) is 0.850. The number of rotatable bonds is 4. The molecule has 0 unspecified atom stereocenters. The third-order valence-corrected chi connectivity index (χ3v) is 2.13. The molecule has 1 aromatic rings. The molecule has 0 aliphatic carbocycles. The number of hydrogen-bond acceptors (Lipinski definition) is 2. The lowest BCUT2D eigenvalue weighted by molar-refractivity contribution is -0.116. The van der Waals surface area contributed by atoms with Crippen molar-refractivity contribution >= 4 is 17.4 Å². The van der Waals surface area contributed by atoms with E-state index in [1.807, 2.05) is 19.1 Å². The molecule has 1 rings (SSSR count). The van der Waals surface area contributed by atoms with Gasteiger partial charge >= 0.3 is 0 Å². The van der Waals surface area contributed by atoms with Crippen LogP contribution in [0.1, 0.15) is 19.4 Å². The molecule has 14 heavy (non-hydrogen) atoms. The van der Waals surface area contributed by atoms with Crippen LogP contribution in [0, 0.1) is 0 Å². The van der Waals surface area contributed by atoms with Gasteiger partial charge in [-0.15, -0.1) is 0 Å². The molecule has 1 aromatic carbocycles. The first kappa shape index (κ1) is 11.1. The predicted molar refractivity (Wildman–Crippen MR) is 57.0 cm³/mol. The molecule has 0 bridgehead atoms. The molecular weight excluding hydrogens is 200 g/mol. The van der Waals surface area contributed by atoms with E-state index in [1.165, 1.54) is 0 Å². The second-order valence-corrected chi connectivity index (χ2v) is 3.47. The zero-order valence-corrected chi connectivity index (χ0v) is 9.10. The van der Waals surface area contributed by atoms with Gasteiger partial charge in [-0.3, -0.25) is 4.79 Å². The van der Waals surface area contributed by atoms with Gasteiger partial charge in [0.05, 0.1) is 6.61 Å². The van der Waals surface area contributed by atoms with Crippen molar-refractivity contribution in [3.05, 3.63) is 28.8 Å². The highest BCUT2D eigenvalue weighted by Crippen LogP contribution is 2.23. The number of ether oxygens (including phenoxy) is 1. The molecule has 0 aliphatic heterocycles. The number of carbonyl (C=O) groups excluding carboxylic acids is 1. The first-order valence-electron chi connectivity index (χ1n) is 4.54. The van der Waals surface area contributed by atoms with Crippen LogP contribution in [0.4, 0.5) is 0 Å². The van der Waals surface area contributed by atoms with Gasteiger partial charge in [0.1, 0.15) is 11.5 Å². The van der Waals surface area contributed by atoms with Gasteiger partial charge in [0, 0.05) is 11.4 Å². The molecule has 0 amide bonds. The van der Waals surface area contributed by atoms with Crippen molar-refractivity contribution in [1.29, 1.82) is 0 Å². The van der Waals surface area contributed by atoms with Crippen LogP contribution < -0.4 is 4.74 Å². The third-order valence-electron chi connectivity index (χ3n) is 1.77. The van der Waals surface area contributed by atoms with Crippen LogP contribution in [0.15, 0.2) is 18.2 Å². The Kier molecular flexibility index (Phi) is 3.96. The smallest absolute Gasteiger partial charge is 0.134 e. The third kappa shape index (κ3) is 3.04. The summed E-state index contributed by atoms with van der Waals surface area (Å²) >= 11 is 5.98. The van der Waals surface area contributed by atoms with E-state index in [-0.39, 0.29) is 5.78 Å². The molecule has 0 aliphatic rings. The number of halogens is 1. The van der Waals surface area contributed by atoms with Crippen molar-refractivity contribution in [2.75, 3.05) is 6.61 Å². The van der Waals surface area contributed by atoms with E-state index in [2.05, 4.69) is 0 Å². The molecule has 76 valence electrons. The SMILES string of the molecule is CCOc1ccc(CC(C)=O)c(Cl)c1. The number of carbonyl (C=O) groups is 1. The molecule has 0 fully saturated rings. The standard InChI is InChI=1S/C11H13ClO2/c1-3-14-10-5-4-9(6-8(2)13)11(12)7-10/h4-5,7H,3,6H2,1-2H3. The van der Waals surface area contributed by atoms with Gasteiger partial charge in [0.15, 0.2) is 0 Å². The van der Waals surface area contributed by atoms with E-state index in [4.69, 9.17) is 16.3 Å². The van der Waals surface area contributed by atoms with Gasteiger partial charge < -0.3 is 4.74 Å². The van der Waals surface area contributed by atoms with Crippen LogP contribution in [0.5, 0.6) is 5.75 Å². The quantitative estimate of drug-likeness (QED) is 0.767. The lowest BCUT2D eigenvalue weighted by Crippen LogP contribution is -1.98. The minimum Gasteiger partial charge on any atom is -0.494 e. The molecule has 2 nitrogen and oxygen atoms in total. The van der Waals surface area contributed by atoms with Gasteiger partial charge in [0.2, 0.25) is 0 Å².